The first-order chi connectivity index (χ1) is 16.7. The van der Waals surface area contributed by atoms with Gasteiger partial charge in [0.1, 0.15) is 0 Å². The summed E-state index contributed by atoms with van der Waals surface area (Å²) in [6, 6.07) is 1.01. The minimum atomic E-state index is -5.17. The van der Waals surface area contributed by atoms with Gasteiger partial charge in [0.15, 0.2) is 5.82 Å². The summed E-state index contributed by atoms with van der Waals surface area (Å²) < 4.78 is 156. The quantitative estimate of drug-likeness (QED) is 0.226. The number of halogens is 12. The average Bonchev–Trinajstić information content (AvgIpc) is 2.72. The summed E-state index contributed by atoms with van der Waals surface area (Å²) in [4.78, 5) is 9.70. The Morgan fingerprint density at radius 2 is 0.892 bits per heavy atom. The van der Waals surface area contributed by atoms with E-state index in [4.69, 9.17) is 0 Å². The summed E-state index contributed by atoms with van der Waals surface area (Å²) >= 11 is 0. The second kappa shape index (κ2) is 10.4. The molecule has 0 aromatic heterocycles. The number of nitrogens with zero attached hydrogens (tertiary/aromatic N) is 1. The first-order valence-electron chi connectivity index (χ1n) is 9.56. The third-order valence-electron chi connectivity index (χ3n) is 4.50. The van der Waals surface area contributed by atoms with Gasteiger partial charge in [0, 0.05) is 13.1 Å². The lowest BCUT2D eigenvalue weighted by Gasteiger charge is -2.17. The van der Waals surface area contributed by atoms with E-state index in [1.165, 1.54) is 0 Å². The van der Waals surface area contributed by atoms with Gasteiger partial charge in [-0.05, 0) is 47.5 Å². The molecule has 0 amide bonds. The van der Waals surface area contributed by atoms with Crippen LogP contribution in [0.25, 0.3) is 0 Å². The van der Waals surface area contributed by atoms with Gasteiger partial charge in [-0.1, -0.05) is 0 Å². The summed E-state index contributed by atoms with van der Waals surface area (Å²) in [5, 5.41) is 15.1. The molecule has 0 bridgehead atoms. The SMILES string of the molecule is O=[N+]([O-])C=C(NCc1cc(C(F)(F)F)cc(C(F)(F)F)c1)NCc1cc(C(F)(F)F)cc(C(F)(F)F)c1. The Morgan fingerprint density at radius 1 is 0.622 bits per heavy atom. The first-order valence-corrected chi connectivity index (χ1v) is 9.56. The molecular weight excluding hydrogens is 542 g/mol. The summed E-state index contributed by atoms with van der Waals surface area (Å²) in [7, 11) is 0. The molecule has 0 unspecified atom stereocenters. The lowest BCUT2D eigenvalue weighted by molar-refractivity contribution is -0.404. The highest BCUT2D eigenvalue weighted by Gasteiger charge is 2.38. The number of benzene rings is 2. The van der Waals surface area contributed by atoms with Crippen LogP contribution in [0.1, 0.15) is 33.4 Å². The number of alkyl halides is 12. The van der Waals surface area contributed by atoms with Crippen LogP contribution < -0.4 is 10.6 Å². The molecule has 0 aliphatic carbocycles. The highest BCUT2D eigenvalue weighted by Crippen LogP contribution is 2.37. The third-order valence-corrected chi connectivity index (χ3v) is 4.50. The molecule has 2 aromatic carbocycles. The molecule has 2 N–H and O–H groups in total. The topological polar surface area (TPSA) is 67.2 Å². The van der Waals surface area contributed by atoms with Crippen molar-refractivity contribution in [2.75, 3.05) is 0 Å². The van der Waals surface area contributed by atoms with Crippen molar-refractivity contribution >= 4 is 0 Å². The molecule has 0 radical (unpaired) electrons. The van der Waals surface area contributed by atoms with Gasteiger partial charge in [-0.2, -0.15) is 52.7 Å². The predicted molar refractivity (Wildman–Crippen MR) is 102 cm³/mol. The number of nitrogens with one attached hydrogen (secondary N) is 2. The van der Waals surface area contributed by atoms with E-state index >= 15 is 0 Å². The minimum absolute atomic E-state index is 0.135. The van der Waals surface area contributed by atoms with E-state index in [2.05, 4.69) is 10.6 Å². The Morgan fingerprint density at radius 3 is 1.11 bits per heavy atom. The fraction of sp³-hybridized carbons (Fsp3) is 0.300. The van der Waals surface area contributed by atoms with Crippen LogP contribution in [0, 0.1) is 10.1 Å². The summed E-state index contributed by atoms with van der Waals surface area (Å²) in [6.07, 6.45) is -20.6. The van der Waals surface area contributed by atoms with Gasteiger partial charge in [-0.3, -0.25) is 10.1 Å². The monoisotopic (exact) mass is 555 g/mol. The Bertz CT molecular complexity index is 1020. The van der Waals surface area contributed by atoms with Gasteiger partial charge >= 0.3 is 24.7 Å². The summed E-state index contributed by atoms with van der Waals surface area (Å²) in [6.45, 7) is -1.73. The Labute approximate surface area is 198 Å². The van der Waals surface area contributed by atoms with Crippen LogP contribution >= 0.6 is 0 Å². The van der Waals surface area contributed by atoms with Crippen molar-refractivity contribution in [3.05, 3.63) is 91.9 Å². The molecule has 0 spiro atoms. The van der Waals surface area contributed by atoms with Crippen LogP contribution in [0.15, 0.2) is 48.4 Å². The van der Waals surface area contributed by atoms with Crippen molar-refractivity contribution < 1.29 is 57.6 Å². The van der Waals surface area contributed by atoms with Crippen molar-refractivity contribution in [2.24, 2.45) is 0 Å². The largest absolute Gasteiger partial charge is 0.416 e. The number of hydrogen-bond donors (Lipinski definition) is 2. The van der Waals surface area contributed by atoms with E-state index in [0.29, 0.717) is 24.3 Å². The number of nitro groups is 1. The normalized spacial score (nSPS) is 12.8. The molecule has 0 saturated carbocycles. The molecule has 204 valence electrons. The van der Waals surface area contributed by atoms with E-state index in [0.717, 1.165) is 0 Å². The number of rotatable bonds is 7. The predicted octanol–water partition coefficient (Wildman–Crippen LogP) is 6.72. The standard InChI is InChI=1S/C20H13F12N3O2/c21-17(22,23)12-1-10(2-13(5-12)18(24,25)26)7-33-16(9-35(36)37)34-8-11-3-14(19(27,28)29)6-15(4-11)20(30,31)32/h1-6,9,33-34H,7-8H2. The molecule has 0 heterocycles. The lowest BCUT2D eigenvalue weighted by Crippen LogP contribution is -2.27. The van der Waals surface area contributed by atoms with Crippen molar-refractivity contribution in [2.45, 2.75) is 37.8 Å². The first kappa shape index (κ1) is 29.6. The van der Waals surface area contributed by atoms with Crippen molar-refractivity contribution in [3.63, 3.8) is 0 Å². The zero-order chi connectivity index (χ0) is 28.4. The summed E-state index contributed by atoms with van der Waals surface area (Å²) in [5.74, 6) is -0.720. The van der Waals surface area contributed by atoms with Crippen LogP contribution in [0.3, 0.4) is 0 Å². The highest BCUT2D eigenvalue weighted by molar-refractivity contribution is 5.35. The van der Waals surface area contributed by atoms with E-state index < -0.39 is 81.9 Å². The molecule has 37 heavy (non-hydrogen) atoms. The smallest absolute Gasteiger partial charge is 0.363 e. The third kappa shape index (κ3) is 8.75. The number of hydrogen-bond acceptors (Lipinski definition) is 4. The van der Waals surface area contributed by atoms with Crippen molar-refractivity contribution in [1.29, 1.82) is 0 Å². The minimum Gasteiger partial charge on any atom is -0.363 e. The Balaban J connectivity index is 2.32. The molecule has 0 aliphatic heterocycles. The van der Waals surface area contributed by atoms with Crippen LogP contribution in [-0.2, 0) is 37.8 Å². The Hall–Kier alpha value is -3.66. The molecule has 0 atom stereocenters. The lowest BCUT2D eigenvalue weighted by atomic mass is 10.0. The van der Waals surface area contributed by atoms with Gasteiger partial charge < -0.3 is 10.6 Å². The van der Waals surface area contributed by atoms with Crippen LogP contribution in [0.4, 0.5) is 52.7 Å². The van der Waals surface area contributed by atoms with Crippen LogP contribution in [0.5, 0.6) is 0 Å². The molecular formula is C20H13F12N3O2. The highest BCUT2D eigenvalue weighted by atomic mass is 19.4. The van der Waals surface area contributed by atoms with Crippen LogP contribution in [0.2, 0.25) is 0 Å². The van der Waals surface area contributed by atoms with Gasteiger partial charge in [0.25, 0.3) is 6.20 Å². The van der Waals surface area contributed by atoms with Gasteiger partial charge in [-0.15, -0.1) is 0 Å². The second-order valence-corrected chi connectivity index (χ2v) is 7.36. The molecule has 5 nitrogen and oxygen atoms in total. The molecule has 2 aromatic rings. The van der Waals surface area contributed by atoms with Crippen LogP contribution in [-0.4, -0.2) is 4.92 Å². The zero-order valence-electron chi connectivity index (χ0n) is 17.8. The Kier molecular flexibility index (Phi) is 8.29. The fourth-order valence-corrected chi connectivity index (χ4v) is 2.90. The van der Waals surface area contributed by atoms with Gasteiger partial charge in [-0.25, -0.2) is 0 Å². The molecule has 2 rings (SSSR count). The second-order valence-electron chi connectivity index (χ2n) is 7.36. The molecule has 17 heteroatoms. The maximum atomic E-state index is 13.0. The van der Waals surface area contributed by atoms with Crippen molar-refractivity contribution in [3.8, 4) is 0 Å². The van der Waals surface area contributed by atoms with E-state index in [9.17, 15) is 62.8 Å². The van der Waals surface area contributed by atoms with E-state index in [-0.39, 0.29) is 18.3 Å². The average molecular weight is 555 g/mol. The molecule has 0 aliphatic rings. The van der Waals surface area contributed by atoms with E-state index in [1.54, 1.807) is 0 Å². The fourth-order valence-electron chi connectivity index (χ4n) is 2.90. The zero-order valence-corrected chi connectivity index (χ0v) is 17.8. The molecule has 0 saturated heterocycles. The van der Waals surface area contributed by atoms with E-state index in [1.807, 2.05) is 0 Å². The maximum absolute atomic E-state index is 13.0. The van der Waals surface area contributed by atoms with Gasteiger partial charge in [0.05, 0.1) is 27.2 Å². The van der Waals surface area contributed by atoms with Crippen molar-refractivity contribution in [1.82, 2.24) is 10.6 Å². The van der Waals surface area contributed by atoms with Gasteiger partial charge in [0.2, 0.25) is 0 Å². The summed E-state index contributed by atoms with van der Waals surface area (Å²) in [5.41, 5.74) is -7.94. The maximum Gasteiger partial charge on any atom is 0.416 e. The molecule has 0 fully saturated rings.